The maximum absolute atomic E-state index is 13.5. The van der Waals surface area contributed by atoms with E-state index in [0.29, 0.717) is 6.54 Å². The van der Waals surface area contributed by atoms with Gasteiger partial charge in [0.15, 0.2) is 0 Å². The molecule has 0 saturated carbocycles. The van der Waals surface area contributed by atoms with E-state index in [1.165, 1.54) is 19.0 Å². The van der Waals surface area contributed by atoms with Gasteiger partial charge in [0.25, 0.3) is 0 Å². The third-order valence-corrected chi connectivity index (χ3v) is 4.21. The van der Waals surface area contributed by atoms with E-state index in [0.717, 1.165) is 37.3 Å². The van der Waals surface area contributed by atoms with E-state index in [1.54, 1.807) is 6.07 Å². The van der Waals surface area contributed by atoms with Gasteiger partial charge in [0.1, 0.15) is 5.82 Å². The van der Waals surface area contributed by atoms with Crippen LogP contribution in [0, 0.1) is 12.7 Å². The monoisotopic (exact) mass is 279 g/mol. The predicted octanol–water partition coefficient (Wildman–Crippen LogP) is 2.16. The average Bonchev–Trinajstić information content (AvgIpc) is 2.45. The van der Waals surface area contributed by atoms with Gasteiger partial charge in [-0.2, -0.15) is 0 Å². The fraction of sp³-hybridized carbons (Fsp3) is 0.625. The molecule has 4 heteroatoms. The Morgan fingerprint density at radius 1 is 1.25 bits per heavy atom. The van der Waals surface area contributed by atoms with Crippen LogP contribution in [0.15, 0.2) is 18.2 Å². The Morgan fingerprint density at radius 2 is 1.95 bits per heavy atom. The lowest BCUT2D eigenvalue weighted by molar-refractivity contribution is 0.0982. The summed E-state index contributed by atoms with van der Waals surface area (Å²) < 4.78 is 13.5. The molecule has 1 saturated heterocycles. The van der Waals surface area contributed by atoms with Crippen LogP contribution in [0.3, 0.4) is 0 Å². The second-order valence-electron chi connectivity index (χ2n) is 5.63. The van der Waals surface area contributed by atoms with Gasteiger partial charge in [0.2, 0.25) is 0 Å². The second-order valence-corrected chi connectivity index (χ2v) is 5.63. The summed E-state index contributed by atoms with van der Waals surface area (Å²) >= 11 is 0. The standard InChI is InChI=1S/C16H26FN3/c1-3-6-19-7-9-20(10-8-19)16(12-18)15-11-14(17)5-4-13(15)2/h4-5,11,16H,3,6-10,12,18H2,1-2H3. The summed E-state index contributed by atoms with van der Waals surface area (Å²) in [7, 11) is 0. The van der Waals surface area contributed by atoms with Crippen LogP contribution < -0.4 is 5.73 Å². The lowest BCUT2D eigenvalue weighted by Crippen LogP contribution is -2.49. The van der Waals surface area contributed by atoms with Crippen molar-refractivity contribution in [2.45, 2.75) is 26.3 Å². The molecule has 1 aliphatic heterocycles. The zero-order valence-electron chi connectivity index (χ0n) is 12.6. The fourth-order valence-electron chi connectivity index (χ4n) is 3.06. The number of benzene rings is 1. The van der Waals surface area contributed by atoms with E-state index in [1.807, 2.05) is 13.0 Å². The van der Waals surface area contributed by atoms with Crippen molar-refractivity contribution in [2.75, 3.05) is 39.3 Å². The summed E-state index contributed by atoms with van der Waals surface area (Å²) in [6, 6.07) is 5.15. The zero-order valence-corrected chi connectivity index (χ0v) is 12.6. The molecule has 2 N–H and O–H groups in total. The van der Waals surface area contributed by atoms with Crippen LogP contribution in [0.2, 0.25) is 0 Å². The Morgan fingerprint density at radius 3 is 2.55 bits per heavy atom. The molecular weight excluding hydrogens is 253 g/mol. The topological polar surface area (TPSA) is 32.5 Å². The first kappa shape index (κ1) is 15.4. The van der Waals surface area contributed by atoms with Crippen molar-refractivity contribution in [3.63, 3.8) is 0 Å². The Labute approximate surface area is 121 Å². The van der Waals surface area contributed by atoms with E-state index in [-0.39, 0.29) is 11.9 Å². The summed E-state index contributed by atoms with van der Waals surface area (Å²) in [5.41, 5.74) is 8.13. The van der Waals surface area contributed by atoms with Crippen LogP contribution in [-0.2, 0) is 0 Å². The Kier molecular flexibility index (Phi) is 5.52. The molecule has 0 aromatic heterocycles. The van der Waals surface area contributed by atoms with Crippen molar-refractivity contribution < 1.29 is 4.39 Å². The summed E-state index contributed by atoms with van der Waals surface area (Å²) in [5.74, 6) is -0.173. The lowest BCUT2D eigenvalue weighted by Gasteiger charge is -2.39. The Hall–Kier alpha value is -0.970. The molecule has 2 rings (SSSR count). The molecule has 1 heterocycles. The van der Waals surface area contributed by atoms with Crippen molar-refractivity contribution in [3.8, 4) is 0 Å². The highest BCUT2D eigenvalue weighted by Gasteiger charge is 2.25. The molecular formula is C16H26FN3. The second kappa shape index (κ2) is 7.16. The van der Waals surface area contributed by atoms with Gasteiger partial charge in [-0.25, -0.2) is 4.39 Å². The minimum absolute atomic E-state index is 0.134. The van der Waals surface area contributed by atoms with E-state index >= 15 is 0 Å². The molecule has 0 bridgehead atoms. The van der Waals surface area contributed by atoms with Crippen LogP contribution in [-0.4, -0.2) is 49.1 Å². The van der Waals surface area contributed by atoms with Crippen LogP contribution in [0.4, 0.5) is 4.39 Å². The number of rotatable bonds is 5. The molecule has 1 fully saturated rings. The Balaban J connectivity index is 2.07. The molecule has 1 aromatic rings. The lowest BCUT2D eigenvalue weighted by atomic mass is 9.99. The highest BCUT2D eigenvalue weighted by Crippen LogP contribution is 2.25. The first-order valence-electron chi connectivity index (χ1n) is 7.58. The van der Waals surface area contributed by atoms with Crippen molar-refractivity contribution in [1.82, 2.24) is 9.80 Å². The van der Waals surface area contributed by atoms with Crippen molar-refractivity contribution in [1.29, 1.82) is 0 Å². The number of nitrogens with two attached hydrogens (primary N) is 1. The number of halogens is 1. The molecule has 0 radical (unpaired) electrons. The first-order valence-corrected chi connectivity index (χ1v) is 7.58. The summed E-state index contributed by atoms with van der Waals surface area (Å²) in [4.78, 5) is 4.89. The number of nitrogens with zero attached hydrogens (tertiary/aromatic N) is 2. The Bertz CT molecular complexity index is 428. The maximum atomic E-state index is 13.5. The molecule has 3 nitrogen and oxygen atoms in total. The van der Waals surface area contributed by atoms with Gasteiger partial charge in [-0.15, -0.1) is 0 Å². The number of piperazine rings is 1. The maximum Gasteiger partial charge on any atom is 0.123 e. The van der Waals surface area contributed by atoms with Gasteiger partial charge in [-0.1, -0.05) is 13.0 Å². The van der Waals surface area contributed by atoms with E-state index in [2.05, 4.69) is 16.7 Å². The van der Waals surface area contributed by atoms with Gasteiger partial charge >= 0.3 is 0 Å². The molecule has 1 aliphatic rings. The van der Waals surface area contributed by atoms with Crippen molar-refractivity contribution in [2.24, 2.45) is 5.73 Å². The normalized spacial score (nSPS) is 19.2. The number of aryl methyl sites for hydroxylation is 1. The molecule has 0 spiro atoms. The average molecular weight is 279 g/mol. The van der Waals surface area contributed by atoms with E-state index < -0.39 is 0 Å². The number of hydrogen-bond acceptors (Lipinski definition) is 3. The van der Waals surface area contributed by atoms with Crippen LogP contribution in [0.1, 0.15) is 30.5 Å². The minimum Gasteiger partial charge on any atom is -0.329 e. The van der Waals surface area contributed by atoms with Gasteiger partial charge in [-0.05, 0) is 43.1 Å². The molecule has 0 aliphatic carbocycles. The first-order chi connectivity index (χ1) is 9.65. The molecule has 1 atom stereocenters. The van der Waals surface area contributed by atoms with Crippen LogP contribution in [0.25, 0.3) is 0 Å². The third-order valence-electron chi connectivity index (χ3n) is 4.21. The minimum atomic E-state index is -0.173. The highest BCUT2D eigenvalue weighted by molar-refractivity contribution is 5.30. The smallest absolute Gasteiger partial charge is 0.123 e. The number of hydrogen-bond donors (Lipinski definition) is 1. The van der Waals surface area contributed by atoms with Crippen LogP contribution >= 0.6 is 0 Å². The largest absolute Gasteiger partial charge is 0.329 e. The zero-order chi connectivity index (χ0) is 14.5. The van der Waals surface area contributed by atoms with Gasteiger partial charge in [-0.3, -0.25) is 4.90 Å². The highest BCUT2D eigenvalue weighted by atomic mass is 19.1. The molecule has 20 heavy (non-hydrogen) atoms. The van der Waals surface area contributed by atoms with Crippen molar-refractivity contribution >= 4 is 0 Å². The van der Waals surface area contributed by atoms with E-state index in [4.69, 9.17) is 5.73 Å². The summed E-state index contributed by atoms with van der Waals surface area (Å²) in [5, 5.41) is 0. The third kappa shape index (κ3) is 3.57. The van der Waals surface area contributed by atoms with Gasteiger partial charge in [0.05, 0.1) is 0 Å². The van der Waals surface area contributed by atoms with Crippen molar-refractivity contribution in [3.05, 3.63) is 35.1 Å². The van der Waals surface area contributed by atoms with Gasteiger partial charge < -0.3 is 10.6 Å². The SMILES string of the molecule is CCCN1CCN(C(CN)c2cc(F)ccc2C)CC1. The van der Waals surface area contributed by atoms with Crippen LogP contribution in [0.5, 0.6) is 0 Å². The van der Waals surface area contributed by atoms with E-state index in [9.17, 15) is 4.39 Å². The quantitative estimate of drug-likeness (QED) is 0.896. The molecule has 1 unspecified atom stereocenters. The predicted molar refractivity (Wildman–Crippen MR) is 81.2 cm³/mol. The molecule has 112 valence electrons. The molecule has 1 aromatic carbocycles. The molecule has 0 amide bonds. The summed E-state index contributed by atoms with van der Waals surface area (Å²) in [6.45, 7) is 10.1. The summed E-state index contributed by atoms with van der Waals surface area (Å²) in [6.07, 6.45) is 1.20. The van der Waals surface area contributed by atoms with Gasteiger partial charge in [0, 0.05) is 38.8 Å². The fourth-order valence-corrected chi connectivity index (χ4v) is 3.06.